The van der Waals surface area contributed by atoms with E-state index in [9.17, 15) is 14.3 Å². The number of alkyl halides is 1. The number of fused-ring (bicyclic) bond motifs is 1. The molecule has 2 aromatic rings. The van der Waals surface area contributed by atoms with E-state index in [1.165, 1.54) is 19.9 Å². The zero-order valence-corrected chi connectivity index (χ0v) is 11.7. The number of aromatic amines is 1. The summed E-state index contributed by atoms with van der Waals surface area (Å²) in [6.45, 7) is 2.00. The highest BCUT2D eigenvalue weighted by Gasteiger charge is 2.20. The van der Waals surface area contributed by atoms with Crippen molar-refractivity contribution >= 4 is 22.4 Å². The molecule has 0 aromatic carbocycles. The summed E-state index contributed by atoms with van der Waals surface area (Å²) >= 11 is 5.85. The molecule has 0 aliphatic rings. The van der Waals surface area contributed by atoms with Gasteiger partial charge in [-0.3, -0.25) is 4.79 Å². The molecule has 2 N–H and O–H groups in total. The quantitative estimate of drug-likeness (QED) is 0.837. The smallest absolute Gasteiger partial charge is 0.277 e. The van der Waals surface area contributed by atoms with E-state index in [1.807, 2.05) is 0 Å². The number of rotatable bonds is 4. The van der Waals surface area contributed by atoms with Gasteiger partial charge in [-0.05, 0) is 19.9 Å². The lowest BCUT2D eigenvalue weighted by atomic mass is 10.2. The number of hydrogen-bond donors (Lipinski definition) is 2. The summed E-state index contributed by atoms with van der Waals surface area (Å²) < 4.78 is 18.7. The third-order valence-electron chi connectivity index (χ3n) is 2.49. The molecular formula is C12H13ClFN3O3. The first kappa shape index (κ1) is 14.7. The van der Waals surface area contributed by atoms with Gasteiger partial charge in [0.25, 0.3) is 5.56 Å². The Balaban J connectivity index is 2.62. The Labute approximate surface area is 118 Å². The van der Waals surface area contributed by atoms with Gasteiger partial charge in [0, 0.05) is 5.39 Å². The number of halogens is 2. The molecule has 108 valence electrons. The highest BCUT2D eigenvalue weighted by atomic mass is 35.5. The molecule has 0 amide bonds. The van der Waals surface area contributed by atoms with Gasteiger partial charge in [-0.25, -0.2) is 14.5 Å². The molecule has 0 saturated carbocycles. The summed E-state index contributed by atoms with van der Waals surface area (Å²) in [7, 11) is 0. The molecule has 0 fully saturated rings. The second-order valence-electron chi connectivity index (χ2n) is 4.84. The van der Waals surface area contributed by atoms with E-state index in [-0.39, 0.29) is 35.3 Å². The van der Waals surface area contributed by atoms with Crippen molar-refractivity contribution in [2.45, 2.75) is 26.1 Å². The predicted octanol–water partition coefficient (Wildman–Crippen LogP) is 1.59. The van der Waals surface area contributed by atoms with Crippen LogP contribution >= 0.6 is 11.6 Å². The zero-order valence-electron chi connectivity index (χ0n) is 10.9. The lowest BCUT2D eigenvalue weighted by Gasteiger charge is -2.15. The number of ether oxygens (including phenoxy) is 1. The summed E-state index contributed by atoms with van der Waals surface area (Å²) in [6, 6.07) is 1.40. The molecule has 0 aliphatic heterocycles. The second kappa shape index (κ2) is 5.34. The Kier molecular flexibility index (Phi) is 3.92. The molecule has 0 aliphatic carbocycles. The van der Waals surface area contributed by atoms with Gasteiger partial charge in [0.15, 0.2) is 0 Å². The number of nitrogens with zero attached hydrogens (tertiary/aromatic N) is 2. The van der Waals surface area contributed by atoms with Crippen LogP contribution < -0.4 is 10.3 Å². The standard InChI is InChI=1S/C12H13ClFN3O3/c1-12(2,14)5-20-11-9-6(3-8(13)15-11)7(4-18)16-17-10(9)19/h3,18H,4-5H2,1-2H3,(H,17,19). The van der Waals surface area contributed by atoms with Crippen molar-refractivity contribution in [1.29, 1.82) is 0 Å². The molecule has 0 spiro atoms. The maximum absolute atomic E-state index is 13.5. The van der Waals surface area contributed by atoms with Crippen LogP contribution in [0, 0.1) is 0 Å². The number of nitrogens with one attached hydrogen (secondary N) is 1. The number of aliphatic hydroxyl groups excluding tert-OH is 1. The third kappa shape index (κ3) is 3.05. The van der Waals surface area contributed by atoms with Gasteiger partial charge in [0.2, 0.25) is 5.88 Å². The van der Waals surface area contributed by atoms with E-state index >= 15 is 0 Å². The number of hydrogen-bond acceptors (Lipinski definition) is 5. The van der Waals surface area contributed by atoms with Crippen molar-refractivity contribution in [3.63, 3.8) is 0 Å². The second-order valence-corrected chi connectivity index (χ2v) is 5.22. The van der Waals surface area contributed by atoms with Gasteiger partial charge in [0.1, 0.15) is 22.8 Å². The molecule has 2 rings (SSSR count). The van der Waals surface area contributed by atoms with Crippen LogP contribution in [0.5, 0.6) is 5.88 Å². The summed E-state index contributed by atoms with van der Waals surface area (Å²) in [4.78, 5) is 15.7. The summed E-state index contributed by atoms with van der Waals surface area (Å²) in [5.41, 5.74) is -1.91. The van der Waals surface area contributed by atoms with Gasteiger partial charge >= 0.3 is 0 Å². The minimum absolute atomic E-state index is 0.0614. The fraction of sp³-hybridized carbons (Fsp3) is 0.417. The molecule has 6 nitrogen and oxygen atoms in total. The van der Waals surface area contributed by atoms with Crippen LogP contribution in [-0.2, 0) is 6.61 Å². The molecule has 20 heavy (non-hydrogen) atoms. The molecule has 2 heterocycles. The molecule has 8 heteroatoms. The van der Waals surface area contributed by atoms with Crippen LogP contribution in [0.25, 0.3) is 10.8 Å². The van der Waals surface area contributed by atoms with Crippen LogP contribution in [0.4, 0.5) is 4.39 Å². The molecule has 0 bridgehead atoms. The van der Waals surface area contributed by atoms with Crippen LogP contribution in [0.3, 0.4) is 0 Å². The number of aliphatic hydroxyl groups is 1. The Bertz CT molecular complexity index is 697. The lowest BCUT2D eigenvalue weighted by molar-refractivity contribution is 0.118. The Morgan fingerprint density at radius 1 is 1.55 bits per heavy atom. The molecule has 2 aromatic heterocycles. The van der Waals surface area contributed by atoms with Crippen LogP contribution in [0.15, 0.2) is 10.9 Å². The number of H-pyrrole nitrogens is 1. The van der Waals surface area contributed by atoms with E-state index in [0.29, 0.717) is 5.39 Å². The predicted molar refractivity (Wildman–Crippen MR) is 71.8 cm³/mol. The first-order valence-corrected chi connectivity index (χ1v) is 6.20. The lowest BCUT2D eigenvalue weighted by Crippen LogP contribution is -2.24. The van der Waals surface area contributed by atoms with Gasteiger partial charge < -0.3 is 9.84 Å². The molecular weight excluding hydrogens is 289 g/mol. The van der Waals surface area contributed by atoms with Crippen molar-refractivity contribution in [3.05, 3.63) is 27.3 Å². The normalized spacial score (nSPS) is 11.8. The topological polar surface area (TPSA) is 88.1 Å². The van der Waals surface area contributed by atoms with E-state index in [0.717, 1.165) is 0 Å². The van der Waals surface area contributed by atoms with Crippen LogP contribution in [-0.4, -0.2) is 32.6 Å². The average Bonchev–Trinajstić information content (AvgIpc) is 2.35. The fourth-order valence-electron chi connectivity index (χ4n) is 1.64. The van der Waals surface area contributed by atoms with Gasteiger partial charge in [0.05, 0.1) is 12.3 Å². The highest BCUT2D eigenvalue weighted by molar-refractivity contribution is 6.30. The summed E-state index contributed by atoms with van der Waals surface area (Å²) in [6.07, 6.45) is 0. The first-order chi connectivity index (χ1) is 9.31. The third-order valence-corrected chi connectivity index (χ3v) is 2.68. The molecule has 0 radical (unpaired) electrons. The van der Waals surface area contributed by atoms with E-state index < -0.39 is 11.2 Å². The Morgan fingerprint density at radius 2 is 2.25 bits per heavy atom. The van der Waals surface area contributed by atoms with Gasteiger partial charge in [-0.1, -0.05) is 11.6 Å². The monoisotopic (exact) mass is 301 g/mol. The van der Waals surface area contributed by atoms with Crippen molar-refractivity contribution in [2.24, 2.45) is 0 Å². The minimum Gasteiger partial charge on any atom is -0.474 e. The van der Waals surface area contributed by atoms with Crippen molar-refractivity contribution in [1.82, 2.24) is 15.2 Å². The van der Waals surface area contributed by atoms with E-state index in [1.54, 1.807) is 0 Å². The number of pyridine rings is 1. The van der Waals surface area contributed by atoms with E-state index in [2.05, 4.69) is 15.2 Å². The molecule has 0 saturated heterocycles. The maximum Gasteiger partial charge on any atom is 0.277 e. The largest absolute Gasteiger partial charge is 0.474 e. The first-order valence-electron chi connectivity index (χ1n) is 5.82. The average molecular weight is 302 g/mol. The molecule has 0 unspecified atom stereocenters. The number of aromatic nitrogens is 3. The summed E-state index contributed by atoms with van der Waals surface area (Å²) in [5, 5.41) is 15.6. The Hall–Kier alpha value is -1.73. The SMILES string of the molecule is CC(C)(F)COc1nc(Cl)cc2c(CO)n[nH]c(=O)c12. The van der Waals surface area contributed by atoms with Gasteiger partial charge in [-0.2, -0.15) is 5.10 Å². The van der Waals surface area contributed by atoms with Crippen LogP contribution in [0.2, 0.25) is 5.15 Å². The Morgan fingerprint density at radius 3 is 2.85 bits per heavy atom. The molecule has 0 atom stereocenters. The van der Waals surface area contributed by atoms with E-state index in [4.69, 9.17) is 16.3 Å². The zero-order chi connectivity index (χ0) is 14.9. The van der Waals surface area contributed by atoms with Crippen molar-refractivity contribution < 1.29 is 14.2 Å². The van der Waals surface area contributed by atoms with Crippen LogP contribution in [0.1, 0.15) is 19.5 Å². The minimum atomic E-state index is -1.59. The highest BCUT2D eigenvalue weighted by Crippen LogP contribution is 2.26. The maximum atomic E-state index is 13.5. The fourth-order valence-corrected chi connectivity index (χ4v) is 1.82. The van der Waals surface area contributed by atoms with Gasteiger partial charge in [-0.15, -0.1) is 0 Å². The van der Waals surface area contributed by atoms with Crippen molar-refractivity contribution in [2.75, 3.05) is 6.61 Å². The summed E-state index contributed by atoms with van der Waals surface area (Å²) in [5.74, 6) is -0.0865. The van der Waals surface area contributed by atoms with Crippen molar-refractivity contribution in [3.8, 4) is 5.88 Å².